The molecule has 0 bridgehead atoms. The molecule has 238 valence electrons. The van der Waals surface area contributed by atoms with E-state index >= 15 is 0 Å². The third kappa shape index (κ3) is 22.4. The fraction of sp³-hybridized carbons (Fsp3) is 0.562. The quantitative estimate of drug-likeness (QED) is 0.230. The number of rotatable bonds is 12. The Balaban J connectivity index is -0.000000127. The first kappa shape index (κ1) is 52.5. The zero-order valence-electron chi connectivity index (χ0n) is 25.5. The minimum Gasteiger partial charge on any atom is -0.480 e. The Morgan fingerprint density at radius 3 is 1.43 bits per heavy atom. The molecule has 0 aromatic heterocycles. The highest BCUT2D eigenvalue weighted by atomic mass is 32.2. The molecule has 0 heterocycles. The van der Waals surface area contributed by atoms with Crippen molar-refractivity contribution in [2.24, 2.45) is 0 Å². The predicted molar refractivity (Wildman–Crippen MR) is 187 cm³/mol. The minimum absolute atomic E-state index is 0. The maximum atomic E-state index is 12.0. The molecule has 2 aromatic rings. The lowest BCUT2D eigenvalue weighted by atomic mass is 10.2. The van der Waals surface area contributed by atoms with Crippen molar-refractivity contribution < 1.29 is 28.2 Å². The van der Waals surface area contributed by atoms with Crippen molar-refractivity contribution in [1.29, 1.82) is 0 Å². The number of aliphatic carboxylic acids is 2. The number of benzene rings is 2. The number of carbonyl (C=O) groups is 2. The van der Waals surface area contributed by atoms with Crippen molar-refractivity contribution in [3.63, 3.8) is 0 Å². The molecule has 10 heteroatoms. The van der Waals surface area contributed by atoms with Crippen LogP contribution in [0, 0.1) is 13.8 Å². The Morgan fingerprint density at radius 1 is 0.714 bits per heavy atom. The molecule has 0 saturated heterocycles. The zero-order chi connectivity index (χ0) is 29.7. The van der Waals surface area contributed by atoms with Crippen LogP contribution in [0.2, 0.25) is 0 Å². The molecule has 0 saturated carbocycles. The summed E-state index contributed by atoms with van der Waals surface area (Å²) in [5, 5.41) is 16.4. The van der Waals surface area contributed by atoms with Crippen molar-refractivity contribution in [2.75, 3.05) is 0 Å². The van der Waals surface area contributed by atoms with E-state index in [-0.39, 0.29) is 49.1 Å². The van der Waals surface area contributed by atoms with Gasteiger partial charge in [0.15, 0.2) is 15.1 Å². The van der Waals surface area contributed by atoms with E-state index in [1.165, 1.54) is 22.9 Å². The lowest BCUT2D eigenvalue weighted by molar-refractivity contribution is -0.137. The van der Waals surface area contributed by atoms with Gasteiger partial charge in [0, 0.05) is 22.6 Å². The van der Waals surface area contributed by atoms with Gasteiger partial charge >= 0.3 is 11.9 Å². The first-order chi connectivity index (χ1) is 18.0. The third-order valence-corrected chi connectivity index (χ3v) is 8.53. The summed E-state index contributed by atoms with van der Waals surface area (Å²) < 4.78 is 24.1. The topological polar surface area (TPSA) is 109 Å². The van der Waals surface area contributed by atoms with Gasteiger partial charge < -0.3 is 10.2 Å². The summed E-state index contributed by atoms with van der Waals surface area (Å²) in [6, 6.07) is 15.3. The van der Waals surface area contributed by atoms with E-state index in [4.69, 9.17) is 10.2 Å². The van der Waals surface area contributed by atoms with E-state index in [0.717, 1.165) is 24.2 Å². The largest absolute Gasteiger partial charge is 0.480 e. The van der Waals surface area contributed by atoms with Crippen LogP contribution in [0.25, 0.3) is 0 Å². The van der Waals surface area contributed by atoms with Crippen molar-refractivity contribution >= 4 is 50.4 Å². The summed E-state index contributed by atoms with van der Waals surface area (Å²) in [7, 11) is -3.65. The normalized spacial score (nSPS) is 10.7. The second kappa shape index (κ2) is 30.3. The van der Waals surface area contributed by atoms with Gasteiger partial charge in [-0.05, 0) is 37.8 Å². The van der Waals surface area contributed by atoms with E-state index in [2.05, 4.69) is 24.3 Å². The Kier molecular flexibility index (Phi) is 37.8. The van der Waals surface area contributed by atoms with Crippen molar-refractivity contribution in [2.45, 2.75) is 118 Å². The number of hydrogen-bond acceptors (Lipinski definition) is 5. The third-order valence-electron chi connectivity index (χ3n) is 5.15. The van der Waals surface area contributed by atoms with E-state index < -0.39 is 27.0 Å². The maximum Gasteiger partial charge on any atom is 0.321 e. The number of carboxylic acid groups (broad SMARTS) is 2. The fourth-order valence-corrected chi connectivity index (χ4v) is 6.05. The Bertz CT molecular complexity index is 1010. The van der Waals surface area contributed by atoms with Crippen LogP contribution in [-0.2, 0) is 30.9 Å². The van der Waals surface area contributed by atoms with Gasteiger partial charge in [-0.25, -0.2) is 8.42 Å². The molecule has 0 aliphatic rings. The molecule has 0 fully saturated rings. The second-order valence-electron chi connectivity index (χ2n) is 8.32. The molecule has 2 N–H and O–H groups in total. The van der Waals surface area contributed by atoms with Crippen LogP contribution in [0.3, 0.4) is 0 Å². The predicted octanol–water partition coefficient (Wildman–Crippen LogP) is 8.21. The first-order valence-electron chi connectivity index (χ1n) is 13.4. The highest BCUT2D eigenvalue weighted by Gasteiger charge is 2.31. The monoisotopic (exact) mass is 622 g/mol. The van der Waals surface area contributed by atoms with Gasteiger partial charge in [-0.15, -0.1) is 11.8 Å². The van der Waals surface area contributed by atoms with Gasteiger partial charge in [0.05, 0.1) is 5.75 Å². The lowest BCUT2D eigenvalue weighted by Crippen LogP contribution is -2.31. The molecular formula is C32H56B2O6S2. The summed E-state index contributed by atoms with van der Waals surface area (Å²) in [5.41, 5.74) is 4.09. The molecular weight excluding hydrogens is 566 g/mol. The van der Waals surface area contributed by atoms with Crippen molar-refractivity contribution in [3.8, 4) is 0 Å². The zero-order valence-corrected chi connectivity index (χ0v) is 27.1. The number of hydrogen-bond donors (Lipinski definition) is 2. The molecule has 6 nitrogen and oxygen atoms in total. The van der Waals surface area contributed by atoms with Crippen LogP contribution in [0.1, 0.15) is 104 Å². The van der Waals surface area contributed by atoms with E-state index in [0.29, 0.717) is 12.0 Å². The van der Waals surface area contributed by atoms with Crippen LogP contribution in [0.4, 0.5) is 0 Å². The summed E-state index contributed by atoms with van der Waals surface area (Å²) in [6.07, 6.45) is 2.34. The standard InChI is InChI=1S/C13H18O4S.C13H18O2S.2C2H6.2CH4.2B/c1-3-4-12(13(14)15)18(16,17)9-11-7-5-10(2)6-8-11;1-3-4-12(13(14)15)16-9-11-7-5-10(2)6-8-11;2*1-2;;;;/h5-8,12H,3-4,9H2,1-2H3,(H,14,15);5-8,12H,3-4,9H2,1-2H3,(H,14,15);2*1-2H3;2*1H4;;. The van der Waals surface area contributed by atoms with Gasteiger partial charge in [-0.2, -0.15) is 0 Å². The van der Waals surface area contributed by atoms with Crippen LogP contribution >= 0.6 is 11.8 Å². The Hall–Kier alpha value is -2.19. The molecule has 2 unspecified atom stereocenters. The molecule has 0 aliphatic carbocycles. The van der Waals surface area contributed by atoms with Gasteiger partial charge in [-0.3, -0.25) is 9.59 Å². The summed E-state index contributed by atoms with van der Waals surface area (Å²) in [5.74, 6) is -1.40. The average Bonchev–Trinajstić information content (AvgIpc) is 2.89. The lowest BCUT2D eigenvalue weighted by Gasteiger charge is -2.12. The molecule has 2 aromatic carbocycles. The van der Waals surface area contributed by atoms with Crippen LogP contribution in [0.5, 0.6) is 0 Å². The number of thioether (sulfide) groups is 1. The van der Waals surface area contributed by atoms with Gasteiger partial charge in [-0.1, -0.05) is 129 Å². The van der Waals surface area contributed by atoms with Crippen LogP contribution in [-0.4, -0.2) is 57.9 Å². The molecule has 6 radical (unpaired) electrons. The minimum atomic E-state index is -3.65. The highest BCUT2D eigenvalue weighted by molar-refractivity contribution is 7.99. The second-order valence-corrected chi connectivity index (χ2v) is 11.7. The molecule has 2 atom stereocenters. The summed E-state index contributed by atoms with van der Waals surface area (Å²) >= 11 is 1.51. The van der Waals surface area contributed by atoms with Gasteiger partial charge in [0.25, 0.3) is 0 Å². The molecule has 0 aliphatic heterocycles. The van der Waals surface area contributed by atoms with Crippen molar-refractivity contribution in [1.82, 2.24) is 0 Å². The van der Waals surface area contributed by atoms with E-state index in [1.54, 1.807) is 19.1 Å². The first-order valence-corrected chi connectivity index (χ1v) is 16.2. The molecule has 42 heavy (non-hydrogen) atoms. The number of carboxylic acids is 2. The number of sulfone groups is 1. The SMILES string of the molecule is C.C.CC.CC.CCCC(C(=O)O)S(=O)(=O)Cc1ccc(C)cc1.CCCC(SCc1ccc(C)cc1)C(=O)O.[B].[B]. The van der Waals surface area contributed by atoms with Crippen LogP contribution < -0.4 is 0 Å². The van der Waals surface area contributed by atoms with Gasteiger partial charge in [0.2, 0.25) is 0 Å². The Morgan fingerprint density at radius 2 is 1.10 bits per heavy atom. The maximum absolute atomic E-state index is 12.0. The smallest absolute Gasteiger partial charge is 0.321 e. The van der Waals surface area contributed by atoms with Gasteiger partial charge in [0.1, 0.15) is 5.25 Å². The fourth-order valence-electron chi connectivity index (χ4n) is 3.16. The van der Waals surface area contributed by atoms with Crippen molar-refractivity contribution in [3.05, 3.63) is 70.8 Å². The molecule has 0 spiro atoms. The highest BCUT2D eigenvalue weighted by Crippen LogP contribution is 2.22. The molecule has 0 amide bonds. The van der Waals surface area contributed by atoms with Crippen LogP contribution in [0.15, 0.2) is 48.5 Å². The summed E-state index contributed by atoms with van der Waals surface area (Å²) in [6.45, 7) is 15.8. The van der Waals surface area contributed by atoms with E-state index in [9.17, 15) is 18.0 Å². The molecule has 2 rings (SSSR count). The van der Waals surface area contributed by atoms with E-state index in [1.807, 2.05) is 60.6 Å². The summed E-state index contributed by atoms with van der Waals surface area (Å²) in [4.78, 5) is 21.9. The number of aryl methyl sites for hydroxylation is 2. The average molecular weight is 623 g/mol. The Labute approximate surface area is 266 Å².